The fourth-order valence-electron chi connectivity index (χ4n) is 4.12. The topological polar surface area (TPSA) is 40.5 Å². The molecule has 2 atom stereocenters. The lowest BCUT2D eigenvalue weighted by Crippen LogP contribution is -2.48. The summed E-state index contributed by atoms with van der Waals surface area (Å²) < 4.78 is 0. The predicted molar refractivity (Wildman–Crippen MR) is 69.8 cm³/mol. The van der Waals surface area contributed by atoms with E-state index in [0.29, 0.717) is 11.8 Å². The number of aliphatic hydroxyl groups excluding tert-OH is 1. The van der Waals surface area contributed by atoms with Gasteiger partial charge >= 0.3 is 0 Å². The normalized spacial score (nSPS) is 36.0. The van der Waals surface area contributed by atoms with Crippen LogP contribution in [0.3, 0.4) is 0 Å². The van der Waals surface area contributed by atoms with Gasteiger partial charge in [0.05, 0.1) is 5.60 Å². The molecule has 0 radical (unpaired) electrons. The average Bonchev–Trinajstić information content (AvgIpc) is 2.39. The lowest BCUT2D eigenvalue weighted by molar-refractivity contribution is -0.108. The minimum absolute atomic E-state index is 0.275. The first-order valence-electron chi connectivity index (χ1n) is 7.60. The fourth-order valence-corrected chi connectivity index (χ4v) is 4.12. The van der Waals surface area contributed by atoms with Crippen molar-refractivity contribution in [3.05, 3.63) is 0 Å². The molecule has 2 fully saturated rings. The van der Waals surface area contributed by atoms with Gasteiger partial charge in [0.15, 0.2) is 0 Å². The van der Waals surface area contributed by atoms with E-state index in [2.05, 4.69) is 0 Å². The highest BCUT2D eigenvalue weighted by Gasteiger charge is 2.44. The molecule has 2 aliphatic carbocycles. The number of hydrogen-bond donors (Lipinski definition) is 2. The van der Waals surface area contributed by atoms with Crippen LogP contribution in [0.25, 0.3) is 0 Å². The van der Waals surface area contributed by atoms with E-state index in [4.69, 9.17) is 5.11 Å². The SMILES string of the molecule is OCCCC1CCCCC1(O)C1CCCCC1. The average molecular weight is 240 g/mol. The lowest BCUT2D eigenvalue weighted by atomic mass is 9.63. The lowest BCUT2D eigenvalue weighted by Gasteiger charge is -2.47. The highest BCUT2D eigenvalue weighted by Crippen LogP contribution is 2.46. The summed E-state index contributed by atoms with van der Waals surface area (Å²) in [6, 6.07) is 0. The van der Waals surface area contributed by atoms with Crippen molar-refractivity contribution in [1.29, 1.82) is 0 Å². The van der Waals surface area contributed by atoms with Crippen LogP contribution in [-0.4, -0.2) is 22.4 Å². The first-order chi connectivity index (χ1) is 8.27. The molecule has 0 aliphatic heterocycles. The summed E-state index contributed by atoms with van der Waals surface area (Å²) in [7, 11) is 0. The molecule has 17 heavy (non-hydrogen) atoms. The molecule has 2 heteroatoms. The third-order valence-electron chi connectivity index (χ3n) is 5.11. The van der Waals surface area contributed by atoms with Gasteiger partial charge in [-0.05, 0) is 50.4 Å². The largest absolute Gasteiger partial charge is 0.396 e. The molecule has 0 spiro atoms. The molecule has 0 aromatic carbocycles. The summed E-state index contributed by atoms with van der Waals surface area (Å²) in [5.41, 5.74) is -0.395. The van der Waals surface area contributed by atoms with E-state index in [9.17, 15) is 5.11 Å². The van der Waals surface area contributed by atoms with Crippen LogP contribution in [0.5, 0.6) is 0 Å². The molecule has 2 nitrogen and oxygen atoms in total. The Bertz CT molecular complexity index is 223. The van der Waals surface area contributed by atoms with E-state index in [-0.39, 0.29) is 6.61 Å². The zero-order chi connectivity index (χ0) is 12.1. The van der Waals surface area contributed by atoms with E-state index in [0.717, 1.165) is 19.3 Å². The van der Waals surface area contributed by atoms with Crippen LogP contribution < -0.4 is 0 Å². The van der Waals surface area contributed by atoms with Crippen molar-refractivity contribution in [3.8, 4) is 0 Å². The van der Waals surface area contributed by atoms with Gasteiger partial charge in [0.1, 0.15) is 0 Å². The first kappa shape index (κ1) is 13.4. The molecule has 2 N–H and O–H groups in total. The molecule has 0 heterocycles. The van der Waals surface area contributed by atoms with Crippen LogP contribution in [0.2, 0.25) is 0 Å². The molecule has 0 amide bonds. The van der Waals surface area contributed by atoms with Crippen molar-refractivity contribution < 1.29 is 10.2 Å². The number of hydrogen-bond acceptors (Lipinski definition) is 2. The molecule has 0 bridgehead atoms. The summed E-state index contributed by atoms with van der Waals surface area (Å²) in [4.78, 5) is 0. The summed E-state index contributed by atoms with van der Waals surface area (Å²) in [6.07, 6.45) is 12.9. The summed E-state index contributed by atoms with van der Waals surface area (Å²) in [5.74, 6) is 0.992. The van der Waals surface area contributed by atoms with E-state index < -0.39 is 5.60 Å². The van der Waals surface area contributed by atoms with Gasteiger partial charge in [-0.2, -0.15) is 0 Å². The molecular formula is C15H28O2. The van der Waals surface area contributed by atoms with Crippen LogP contribution in [0.15, 0.2) is 0 Å². The van der Waals surface area contributed by atoms with Crippen LogP contribution in [0.4, 0.5) is 0 Å². The van der Waals surface area contributed by atoms with Gasteiger partial charge in [0.2, 0.25) is 0 Å². The highest BCUT2D eigenvalue weighted by molar-refractivity contribution is 4.96. The van der Waals surface area contributed by atoms with E-state index in [1.54, 1.807) is 0 Å². The second-order valence-electron chi connectivity index (χ2n) is 6.13. The zero-order valence-corrected chi connectivity index (χ0v) is 11.0. The zero-order valence-electron chi connectivity index (χ0n) is 11.0. The molecule has 0 saturated heterocycles. The minimum atomic E-state index is -0.395. The van der Waals surface area contributed by atoms with Gasteiger partial charge in [-0.1, -0.05) is 32.1 Å². The number of rotatable bonds is 4. The van der Waals surface area contributed by atoms with Gasteiger partial charge < -0.3 is 10.2 Å². The first-order valence-corrected chi connectivity index (χ1v) is 7.60. The Morgan fingerprint density at radius 2 is 1.65 bits per heavy atom. The van der Waals surface area contributed by atoms with Crippen LogP contribution in [-0.2, 0) is 0 Å². The van der Waals surface area contributed by atoms with Crippen molar-refractivity contribution in [2.75, 3.05) is 6.61 Å². The Kier molecular flexibility index (Phi) is 4.87. The predicted octanol–water partition coefficient (Wildman–Crippen LogP) is 3.26. The molecule has 0 aromatic heterocycles. The quantitative estimate of drug-likeness (QED) is 0.792. The van der Waals surface area contributed by atoms with Crippen molar-refractivity contribution in [2.24, 2.45) is 11.8 Å². The second kappa shape index (κ2) is 6.19. The van der Waals surface area contributed by atoms with Crippen molar-refractivity contribution in [2.45, 2.75) is 76.2 Å². The maximum Gasteiger partial charge on any atom is 0.0703 e. The Morgan fingerprint density at radius 1 is 0.941 bits per heavy atom. The summed E-state index contributed by atoms with van der Waals surface area (Å²) in [6.45, 7) is 0.275. The van der Waals surface area contributed by atoms with Gasteiger partial charge in [-0.3, -0.25) is 0 Å². The second-order valence-corrected chi connectivity index (χ2v) is 6.13. The van der Waals surface area contributed by atoms with Gasteiger partial charge in [0.25, 0.3) is 0 Å². The van der Waals surface area contributed by atoms with Gasteiger partial charge in [-0.25, -0.2) is 0 Å². The Labute approximate surface area is 105 Å². The molecule has 2 unspecified atom stereocenters. The Balaban J connectivity index is 2.00. The van der Waals surface area contributed by atoms with E-state index in [1.165, 1.54) is 51.4 Å². The van der Waals surface area contributed by atoms with Crippen LogP contribution >= 0.6 is 0 Å². The van der Waals surface area contributed by atoms with Crippen LogP contribution in [0.1, 0.15) is 70.6 Å². The van der Waals surface area contributed by atoms with Crippen molar-refractivity contribution >= 4 is 0 Å². The van der Waals surface area contributed by atoms with E-state index in [1.807, 2.05) is 0 Å². The maximum atomic E-state index is 11.1. The van der Waals surface area contributed by atoms with E-state index >= 15 is 0 Å². The number of aliphatic hydroxyl groups is 2. The van der Waals surface area contributed by atoms with Gasteiger partial charge in [-0.15, -0.1) is 0 Å². The molecule has 100 valence electrons. The maximum absolute atomic E-state index is 11.1. The molecule has 2 rings (SSSR count). The summed E-state index contributed by atoms with van der Waals surface area (Å²) in [5, 5.41) is 20.1. The Morgan fingerprint density at radius 3 is 2.35 bits per heavy atom. The van der Waals surface area contributed by atoms with Crippen molar-refractivity contribution in [3.63, 3.8) is 0 Å². The molecule has 2 aliphatic rings. The third-order valence-corrected chi connectivity index (χ3v) is 5.11. The third kappa shape index (κ3) is 3.03. The van der Waals surface area contributed by atoms with Crippen molar-refractivity contribution in [1.82, 2.24) is 0 Å². The molecule has 2 saturated carbocycles. The Hall–Kier alpha value is -0.0800. The van der Waals surface area contributed by atoms with Gasteiger partial charge in [0, 0.05) is 6.61 Å². The minimum Gasteiger partial charge on any atom is -0.396 e. The standard InChI is InChI=1S/C15H28O2/c16-12-6-10-14-9-4-5-11-15(14,17)13-7-2-1-3-8-13/h13-14,16-17H,1-12H2. The highest BCUT2D eigenvalue weighted by atomic mass is 16.3. The van der Waals surface area contributed by atoms with Crippen LogP contribution in [0, 0.1) is 11.8 Å². The smallest absolute Gasteiger partial charge is 0.0703 e. The summed E-state index contributed by atoms with van der Waals surface area (Å²) >= 11 is 0. The molecule has 0 aromatic rings. The fraction of sp³-hybridized carbons (Fsp3) is 1.00. The molecular weight excluding hydrogens is 212 g/mol. The monoisotopic (exact) mass is 240 g/mol.